The summed E-state index contributed by atoms with van der Waals surface area (Å²) >= 11 is 6.22. The lowest BCUT2D eigenvalue weighted by Crippen LogP contribution is -2.33. The maximum Gasteiger partial charge on any atom is 0.171 e. The molecule has 0 saturated carbocycles. The largest absolute Gasteiger partial charge is 0.372 e. The zero-order chi connectivity index (χ0) is 21.1. The van der Waals surface area contributed by atoms with Crippen molar-refractivity contribution in [1.29, 1.82) is 0 Å². The number of hydrogen-bond donors (Lipinski definition) is 0. The third-order valence-corrected chi connectivity index (χ3v) is 5.64. The van der Waals surface area contributed by atoms with Crippen LogP contribution in [0.15, 0.2) is 48.9 Å². The number of piperidine rings is 1. The van der Waals surface area contributed by atoms with Gasteiger partial charge in [-0.2, -0.15) is 9.90 Å². The van der Waals surface area contributed by atoms with Crippen molar-refractivity contribution in [3.63, 3.8) is 0 Å². The van der Waals surface area contributed by atoms with Crippen LogP contribution in [0.25, 0.3) is 6.08 Å². The van der Waals surface area contributed by atoms with Gasteiger partial charge in [0, 0.05) is 30.0 Å². The fourth-order valence-corrected chi connectivity index (χ4v) is 3.95. The molecule has 156 valence electrons. The molecular weight excluding hydrogens is 398 g/mol. The minimum absolute atomic E-state index is 0.466. The Kier molecular flexibility index (Phi) is 5.99. The summed E-state index contributed by atoms with van der Waals surface area (Å²) < 4.78 is 2.10. The Morgan fingerprint density at radius 2 is 2.07 bits per heavy atom. The van der Waals surface area contributed by atoms with Gasteiger partial charge in [0.05, 0.1) is 18.8 Å². The Morgan fingerprint density at radius 1 is 1.27 bits per heavy atom. The Balaban J connectivity index is 1.40. The highest BCUT2D eigenvalue weighted by molar-refractivity contribution is 6.30. The predicted molar refractivity (Wildman–Crippen MR) is 118 cm³/mol. The number of rotatable bonds is 6. The van der Waals surface area contributed by atoms with E-state index in [2.05, 4.69) is 61.9 Å². The molecule has 1 aliphatic heterocycles. The topological polar surface area (TPSA) is 64.7 Å². The fourth-order valence-electron chi connectivity index (χ4n) is 3.76. The van der Waals surface area contributed by atoms with Crippen molar-refractivity contribution >= 4 is 17.7 Å². The lowest BCUT2D eigenvalue weighted by molar-refractivity contribution is 0.224. The van der Waals surface area contributed by atoms with Crippen molar-refractivity contribution in [3.05, 3.63) is 76.5 Å². The summed E-state index contributed by atoms with van der Waals surface area (Å²) in [6, 6.07) is 6.32. The Bertz CT molecular complexity index is 1060. The van der Waals surface area contributed by atoms with Crippen LogP contribution in [-0.4, -0.2) is 48.0 Å². The number of allylic oxidation sites excluding steroid dienone is 1. The van der Waals surface area contributed by atoms with Crippen LogP contribution >= 0.6 is 11.6 Å². The van der Waals surface area contributed by atoms with Crippen LogP contribution in [0, 0.1) is 13.8 Å². The summed E-state index contributed by atoms with van der Waals surface area (Å²) in [4.78, 5) is 3.91. The van der Waals surface area contributed by atoms with Gasteiger partial charge in [0.2, 0.25) is 0 Å². The lowest BCUT2D eigenvalue weighted by atomic mass is 10.0. The molecule has 1 fully saturated rings. The number of aromatic nitrogens is 6. The molecule has 0 aliphatic carbocycles. The van der Waals surface area contributed by atoms with Gasteiger partial charge >= 0.3 is 0 Å². The second-order valence-corrected chi connectivity index (χ2v) is 8.19. The van der Waals surface area contributed by atoms with E-state index in [0.717, 1.165) is 42.8 Å². The number of halogens is 1. The smallest absolute Gasteiger partial charge is 0.171 e. The zero-order valence-corrected chi connectivity index (χ0v) is 18.1. The second kappa shape index (κ2) is 8.83. The molecule has 1 saturated heterocycles. The average Bonchev–Trinajstić information content (AvgIpc) is 3.35. The first-order valence-corrected chi connectivity index (χ1v) is 10.5. The normalized spacial score (nSPS) is 15.2. The first-order valence-electron chi connectivity index (χ1n) is 10.1. The van der Waals surface area contributed by atoms with Gasteiger partial charge in [-0.25, -0.2) is 0 Å². The van der Waals surface area contributed by atoms with Crippen LogP contribution in [-0.2, 0) is 6.54 Å². The number of aryl methyl sites for hydroxylation is 2. The molecule has 0 atom stereocenters. The van der Waals surface area contributed by atoms with E-state index in [1.165, 1.54) is 5.56 Å². The first kappa shape index (κ1) is 20.3. The molecule has 3 aromatic rings. The number of benzene rings is 1. The molecule has 3 heterocycles. The first-order chi connectivity index (χ1) is 14.5. The minimum atomic E-state index is 0.466. The van der Waals surface area contributed by atoms with E-state index in [1.807, 2.05) is 31.3 Å². The van der Waals surface area contributed by atoms with Crippen LogP contribution in [0.2, 0.25) is 5.02 Å². The van der Waals surface area contributed by atoms with Crippen LogP contribution in [0.1, 0.15) is 41.4 Å². The highest BCUT2D eigenvalue weighted by Crippen LogP contribution is 2.25. The predicted octanol–water partition coefficient (Wildman–Crippen LogP) is 4.05. The highest BCUT2D eigenvalue weighted by Gasteiger charge is 2.21. The van der Waals surface area contributed by atoms with Crippen molar-refractivity contribution in [2.24, 2.45) is 0 Å². The average molecular weight is 424 g/mol. The van der Waals surface area contributed by atoms with Gasteiger partial charge in [-0.1, -0.05) is 30.3 Å². The molecule has 0 N–H and O–H groups in total. The van der Waals surface area contributed by atoms with Gasteiger partial charge in [0.25, 0.3) is 0 Å². The number of tetrazole rings is 1. The molecule has 1 aromatic carbocycles. The number of hydrogen-bond acceptors (Lipinski definition) is 5. The van der Waals surface area contributed by atoms with E-state index in [-0.39, 0.29) is 0 Å². The van der Waals surface area contributed by atoms with Crippen molar-refractivity contribution in [1.82, 2.24) is 34.9 Å². The van der Waals surface area contributed by atoms with Crippen LogP contribution in [0.4, 0.5) is 0 Å². The minimum Gasteiger partial charge on any atom is -0.372 e. The van der Waals surface area contributed by atoms with E-state index >= 15 is 0 Å². The molecule has 0 radical (unpaired) electrons. The molecular formula is C22H26ClN7. The molecule has 4 rings (SSSR count). The number of likely N-dealkylation sites (tertiary alicyclic amines) is 1. The Labute approximate surface area is 181 Å². The van der Waals surface area contributed by atoms with E-state index < -0.39 is 0 Å². The second-order valence-electron chi connectivity index (χ2n) is 7.75. The van der Waals surface area contributed by atoms with Gasteiger partial charge < -0.3 is 4.90 Å². The van der Waals surface area contributed by atoms with Crippen LogP contribution in [0.3, 0.4) is 0 Å². The molecule has 7 nitrogen and oxygen atoms in total. The Morgan fingerprint density at radius 3 is 2.73 bits per heavy atom. The molecule has 0 spiro atoms. The molecule has 2 aromatic heterocycles. The molecule has 0 bridgehead atoms. The van der Waals surface area contributed by atoms with E-state index in [9.17, 15) is 0 Å². The Hall–Kier alpha value is -2.93. The summed E-state index contributed by atoms with van der Waals surface area (Å²) in [5.41, 5.74) is 4.33. The van der Waals surface area contributed by atoms with E-state index in [1.54, 1.807) is 4.80 Å². The zero-order valence-electron chi connectivity index (χ0n) is 17.4. The van der Waals surface area contributed by atoms with Gasteiger partial charge in [0.15, 0.2) is 5.82 Å². The van der Waals surface area contributed by atoms with E-state index in [4.69, 9.17) is 11.6 Å². The molecule has 0 amide bonds. The lowest BCUT2D eigenvalue weighted by Gasteiger charge is -2.34. The van der Waals surface area contributed by atoms with Crippen molar-refractivity contribution in [3.8, 4) is 0 Å². The molecule has 0 unspecified atom stereocenters. The molecule has 30 heavy (non-hydrogen) atoms. The maximum atomic E-state index is 6.22. The monoisotopic (exact) mass is 423 g/mol. The molecule has 8 heteroatoms. The fraction of sp³-hybridized carbons (Fsp3) is 0.364. The summed E-state index contributed by atoms with van der Waals surface area (Å²) in [5.74, 6) is 0.649. The van der Waals surface area contributed by atoms with Gasteiger partial charge in [-0.15, -0.1) is 10.2 Å². The van der Waals surface area contributed by atoms with E-state index in [0.29, 0.717) is 23.4 Å². The summed E-state index contributed by atoms with van der Waals surface area (Å²) in [6.45, 7) is 10.6. The van der Waals surface area contributed by atoms with Gasteiger partial charge in [-0.05, 0) is 66.8 Å². The third kappa shape index (κ3) is 4.79. The third-order valence-electron chi connectivity index (χ3n) is 5.40. The summed E-state index contributed by atoms with van der Waals surface area (Å²) in [6.07, 6.45) is 10.3. The standard InChI is InChI=1S/C22H26ClN7/c1-16-13-24-29(14-16)22-8-10-28(11-9-22)17(2)4-5-19-6-7-21(23)12-20(19)15-30-26-18(3)25-27-30/h4-7,12-14,22H,2,8-11,15H2,1,3H3/b5-4+. The van der Waals surface area contributed by atoms with Crippen molar-refractivity contribution in [2.45, 2.75) is 39.3 Å². The quantitative estimate of drug-likeness (QED) is 0.559. The van der Waals surface area contributed by atoms with Crippen molar-refractivity contribution in [2.75, 3.05) is 13.1 Å². The number of nitrogens with zero attached hydrogens (tertiary/aromatic N) is 7. The van der Waals surface area contributed by atoms with Crippen LogP contribution in [0.5, 0.6) is 0 Å². The highest BCUT2D eigenvalue weighted by atomic mass is 35.5. The van der Waals surface area contributed by atoms with Crippen LogP contribution < -0.4 is 0 Å². The summed E-state index contributed by atoms with van der Waals surface area (Å²) in [5, 5.41) is 17.4. The summed E-state index contributed by atoms with van der Waals surface area (Å²) in [7, 11) is 0. The molecule has 1 aliphatic rings. The maximum absolute atomic E-state index is 6.22. The van der Waals surface area contributed by atoms with Gasteiger partial charge in [-0.3, -0.25) is 4.68 Å². The van der Waals surface area contributed by atoms with Gasteiger partial charge in [0.1, 0.15) is 0 Å². The SMILES string of the molecule is C=C(/C=C/c1ccc(Cl)cc1Cn1nnc(C)n1)N1CCC(n2cc(C)cn2)CC1. The van der Waals surface area contributed by atoms with Crippen molar-refractivity contribution < 1.29 is 0 Å².